The van der Waals surface area contributed by atoms with Gasteiger partial charge in [-0.15, -0.1) is 0 Å². The van der Waals surface area contributed by atoms with Crippen LogP contribution < -0.4 is 10.0 Å². The lowest BCUT2D eigenvalue weighted by atomic mass is 10.1. The summed E-state index contributed by atoms with van der Waals surface area (Å²) in [5.41, 5.74) is 0. The smallest absolute Gasteiger partial charge is 0.274 e. The summed E-state index contributed by atoms with van der Waals surface area (Å²) in [6.07, 6.45) is 4.59. The van der Waals surface area contributed by atoms with Crippen LogP contribution in [0.25, 0.3) is 0 Å². The molecule has 112 valence electrons. The van der Waals surface area contributed by atoms with Crippen molar-refractivity contribution in [2.45, 2.75) is 50.3 Å². The zero-order valence-electron chi connectivity index (χ0n) is 11.8. The van der Waals surface area contributed by atoms with E-state index < -0.39 is 10.0 Å². The van der Waals surface area contributed by atoms with Crippen molar-refractivity contribution in [2.75, 3.05) is 6.54 Å². The lowest BCUT2D eigenvalue weighted by molar-refractivity contribution is 0.393. The maximum atomic E-state index is 12.4. The zero-order valence-corrected chi connectivity index (χ0v) is 12.6. The van der Waals surface area contributed by atoms with Crippen molar-refractivity contribution < 1.29 is 12.8 Å². The number of sulfonamides is 1. The summed E-state index contributed by atoms with van der Waals surface area (Å²) in [4.78, 5) is 0. The Bertz CT molecular complexity index is 547. The van der Waals surface area contributed by atoms with E-state index in [1.165, 1.54) is 0 Å². The molecule has 1 aromatic rings. The summed E-state index contributed by atoms with van der Waals surface area (Å²) < 4.78 is 33.0. The first-order valence-corrected chi connectivity index (χ1v) is 8.90. The Morgan fingerprint density at radius 1 is 1.25 bits per heavy atom. The quantitative estimate of drug-likeness (QED) is 0.768. The molecule has 0 bridgehead atoms. The van der Waals surface area contributed by atoms with Gasteiger partial charge in [-0.1, -0.05) is 6.92 Å². The number of nitrogens with one attached hydrogen (secondary N) is 2. The van der Waals surface area contributed by atoms with Crippen LogP contribution in [0, 0.1) is 11.8 Å². The molecular weight excluding hydrogens is 276 g/mol. The molecule has 0 saturated heterocycles. The van der Waals surface area contributed by atoms with Crippen LogP contribution >= 0.6 is 0 Å². The second kappa shape index (κ2) is 5.50. The van der Waals surface area contributed by atoms with Gasteiger partial charge < -0.3 is 9.73 Å². The highest BCUT2D eigenvalue weighted by atomic mass is 32.2. The summed E-state index contributed by atoms with van der Waals surface area (Å²) >= 11 is 0. The average Bonchev–Trinajstić information content (AvgIpc) is 3.32. The predicted octanol–water partition coefficient (Wildman–Crippen LogP) is 1.86. The molecule has 2 fully saturated rings. The molecule has 6 heteroatoms. The van der Waals surface area contributed by atoms with Crippen LogP contribution in [0.2, 0.25) is 0 Å². The number of furan rings is 1. The van der Waals surface area contributed by atoms with E-state index in [0.29, 0.717) is 24.1 Å². The van der Waals surface area contributed by atoms with Gasteiger partial charge in [0, 0.05) is 6.04 Å². The Morgan fingerprint density at radius 2 is 1.90 bits per heavy atom. The van der Waals surface area contributed by atoms with Crippen LogP contribution in [-0.2, 0) is 16.6 Å². The molecule has 5 nitrogen and oxygen atoms in total. The summed E-state index contributed by atoms with van der Waals surface area (Å²) in [7, 11) is -3.52. The van der Waals surface area contributed by atoms with Crippen LogP contribution in [0.5, 0.6) is 0 Å². The van der Waals surface area contributed by atoms with Gasteiger partial charge in [0.05, 0.1) is 6.54 Å². The standard InChI is InChI=1S/C14H22N2O3S/c1-2-15-9-12-7-8-13(19-12)20(17,18)16-14(10-3-4-10)11-5-6-11/h7-8,10-11,14-16H,2-6,9H2,1H3. The van der Waals surface area contributed by atoms with Crippen molar-refractivity contribution in [3.05, 3.63) is 17.9 Å². The van der Waals surface area contributed by atoms with Crippen molar-refractivity contribution in [1.29, 1.82) is 0 Å². The molecule has 0 spiro atoms. The molecule has 1 aromatic heterocycles. The first kappa shape index (κ1) is 14.1. The van der Waals surface area contributed by atoms with Crippen molar-refractivity contribution in [3.8, 4) is 0 Å². The minimum Gasteiger partial charge on any atom is -0.447 e. The van der Waals surface area contributed by atoms with Crippen LogP contribution in [0.15, 0.2) is 21.6 Å². The number of hydrogen-bond donors (Lipinski definition) is 2. The normalized spacial score (nSPS) is 19.7. The molecule has 2 saturated carbocycles. The van der Waals surface area contributed by atoms with Crippen molar-refractivity contribution in [1.82, 2.24) is 10.0 Å². The molecule has 0 atom stereocenters. The summed E-state index contributed by atoms with van der Waals surface area (Å²) in [5, 5.41) is 3.16. The van der Waals surface area contributed by atoms with Gasteiger partial charge in [0.2, 0.25) is 5.09 Å². The molecule has 0 amide bonds. The third kappa shape index (κ3) is 3.24. The molecule has 0 aliphatic heterocycles. The van der Waals surface area contributed by atoms with E-state index in [1.807, 2.05) is 6.92 Å². The monoisotopic (exact) mass is 298 g/mol. The second-order valence-corrected chi connectivity index (χ2v) is 7.47. The molecule has 2 aliphatic rings. The van der Waals surface area contributed by atoms with E-state index in [-0.39, 0.29) is 11.1 Å². The fourth-order valence-electron chi connectivity index (χ4n) is 2.57. The highest BCUT2D eigenvalue weighted by molar-refractivity contribution is 7.89. The molecule has 0 aromatic carbocycles. The van der Waals surface area contributed by atoms with Gasteiger partial charge in [0.15, 0.2) is 0 Å². The van der Waals surface area contributed by atoms with Crippen molar-refractivity contribution in [3.63, 3.8) is 0 Å². The third-order valence-electron chi connectivity index (χ3n) is 4.00. The van der Waals surface area contributed by atoms with Crippen LogP contribution in [-0.4, -0.2) is 21.0 Å². The van der Waals surface area contributed by atoms with Gasteiger partial charge in [0.25, 0.3) is 10.0 Å². The maximum absolute atomic E-state index is 12.4. The average molecular weight is 298 g/mol. The molecule has 20 heavy (non-hydrogen) atoms. The van der Waals surface area contributed by atoms with Gasteiger partial charge in [-0.05, 0) is 56.2 Å². The van der Waals surface area contributed by atoms with Gasteiger partial charge in [-0.3, -0.25) is 0 Å². The fraction of sp³-hybridized carbons (Fsp3) is 0.714. The van der Waals surface area contributed by atoms with Crippen LogP contribution in [0.1, 0.15) is 38.4 Å². The Balaban J connectivity index is 1.68. The maximum Gasteiger partial charge on any atom is 0.274 e. The Hall–Kier alpha value is -0.850. The van der Waals surface area contributed by atoms with Crippen LogP contribution in [0.3, 0.4) is 0 Å². The minimum absolute atomic E-state index is 0.0386. The van der Waals surface area contributed by atoms with E-state index in [9.17, 15) is 8.42 Å². The molecule has 2 aliphatic carbocycles. The first-order valence-electron chi connectivity index (χ1n) is 7.42. The lowest BCUT2D eigenvalue weighted by Gasteiger charge is -2.16. The number of rotatable bonds is 8. The van der Waals surface area contributed by atoms with Crippen molar-refractivity contribution >= 4 is 10.0 Å². The van der Waals surface area contributed by atoms with E-state index in [2.05, 4.69) is 10.0 Å². The summed E-state index contributed by atoms with van der Waals surface area (Å²) in [5.74, 6) is 1.73. The van der Waals surface area contributed by atoms with E-state index in [4.69, 9.17) is 4.42 Å². The topological polar surface area (TPSA) is 71.3 Å². The molecular formula is C14H22N2O3S. The van der Waals surface area contributed by atoms with E-state index in [0.717, 1.165) is 32.2 Å². The highest BCUT2D eigenvalue weighted by Crippen LogP contribution is 2.45. The molecule has 3 rings (SSSR count). The first-order chi connectivity index (χ1) is 9.60. The lowest BCUT2D eigenvalue weighted by Crippen LogP contribution is -2.37. The van der Waals surface area contributed by atoms with Gasteiger partial charge in [0.1, 0.15) is 5.76 Å². The zero-order chi connectivity index (χ0) is 14.2. The minimum atomic E-state index is -3.52. The predicted molar refractivity (Wildman–Crippen MR) is 75.6 cm³/mol. The second-order valence-electron chi connectivity index (χ2n) is 5.82. The molecule has 0 radical (unpaired) electrons. The number of hydrogen-bond acceptors (Lipinski definition) is 4. The molecule has 1 heterocycles. The Morgan fingerprint density at radius 3 is 2.45 bits per heavy atom. The van der Waals surface area contributed by atoms with Gasteiger partial charge in [-0.25, -0.2) is 13.1 Å². The Kier molecular flexibility index (Phi) is 3.88. The molecule has 0 unspecified atom stereocenters. The van der Waals surface area contributed by atoms with Gasteiger partial charge in [-0.2, -0.15) is 0 Å². The Labute approximate surface area is 120 Å². The van der Waals surface area contributed by atoms with Crippen LogP contribution in [0.4, 0.5) is 0 Å². The van der Waals surface area contributed by atoms with Gasteiger partial charge >= 0.3 is 0 Å². The summed E-state index contributed by atoms with van der Waals surface area (Å²) in [6.45, 7) is 3.38. The van der Waals surface area contributed by atoms with Crippen molar-refractivity contribution in [2.24, 2.45) is 11.8 Å². The fourth-order valence-corrected chi connectivity index (χ4v) is 3.89. The molecule has 2 N–H and O–H groups in total. The SMILES string of the molecule is CCNCc1ccc(S(=O)(=O)NC(C2CC2)C2CC2)o1. The van der Waals surface area contributed by atoms with E-state index in [1.54, 1.807) is 12.1 Å². The summed E-state index contributed by atoms with van der Waals surface area (Å²) in [6, 6.07) is 3.38. The third-order valence-corrected chi connectivity index (χ3v) is 5.33. The highest BCUT2D eigenvalue weighted by Gasteiger charge is 2.43. The largest absolute Gasteiger partial charge is 0.447 e. The van der Waals surface area contributed by atoms with E-state index >= 15 is 0 Å².